The van der Waals surface area contributed by atoms with Crippen molar-refractivity contribution in [3.8, 4) is 11.5 Å². The summed E-state index contributed by atoms with van der Waals surface area (Å²) in [6, 6.07) is 12.3. The van der Waals surface area contributed by atoms with Crippen LogP contribution in [-0.4, -0.2) is 32.7 Å². The number of carbonyl (C=O) groups excluding carboxylic acids is 1. The standard InChI is InChI=1S/C20H24BrN3O3/c1-26-18-11-14(10-17(21)20(18)27-13-19(22)25)12-23-15-4-6-16(7-5-15)24-8-2-3-9-24/h4-7,10-11,23H,2-3,8-9,12-13H2,1H3,(H2,22,25). The average molecular weight is 434 g/mol. The average Bonchev–Trinajstić information content (AvgIpc) is 3.20. The van der Waals surface area contributed by atoms with Gasteiger partial charge < -0.3 is 25.4 Å². The molecule has 144 valence electrons. The maximum atomic E-state index is 10.9. The number of anilines is 2. The molecule has 7 heteroatoms. The third kappa shape index (κ3) is 5.07. The van der Waals surface area contributed by atoms with E-state index in [9.17, 15) is 4.79 Å². The predicted molar refractivity (Wildman–Crippen MR) is 111 cm³/mol. The summed E-state index contributed by atoms with van der Waals surface area (Å²) < 4.78 is 11.5. The maximum absolute atomic E-state index is 10.9. The lowest BCUT2D eigenvalue weighted by atomic mass is 10.2. The van der Waals surface area contributed by atoms with Gasteiger partial charge >= 0.3 is 0 Å². The number of nitrogens with one attached hydrogen (secondary N) is 1. The Bertz CT molecular complexity index is 790. The summed E-state index contributed by atoms with van der Waals surface area (Å²) in [6.45, 7) is 2.72. The van der Waals surface area contributed by atoms with E-state index < -0.39 is 5.91 Å². The number of ether oxygens (including phenoxy) is 2. The number of rotatable bonds is 8. The van der Waals surface area contributed by atoms with Crippen LogP contribution in [0.5, 0.6) is 11.5 Å². The number of carbonyl (C=O) groups is 1. The van der Waals surface area contributed by atoms with Crippen molar-refractivity contribution in [1.82, 2.24) is 0 Å². The van der Waals surface area contributed by atoms with Crippen molar-refractivity contribution in [2.75, 3.05) is 37.0 Å². The smallest absolute Gasteiger partial charge is 0.255 e. The fraction of sp³-hybridized carbons (Fsp3) is 0.350. The van der Waals surface area contributed by atoms with Crippen LogP contribution in [0.1, 0.15) is 18.4 Å². The molecule has 6 nitrogen and oxygen atoms in total. The Morgan fingerprint density at radius 1 is 1.22 bits per heavy atom. The highest BCUT2D eigenvalue weighted by Gasteiger charge is 2.14. The van der Waals surface area contributed by atoms with E-state index in [0.717, 1.165) is 24.3 Å². The zero-order valence-corrected chi connectivity index (χ0v) is 16.9. The van der Waals surface area contributed by atoms with Crippen LogP contribution in [0.4, 0.5) is 11.4 Å². The Labute approximate surface area is 167 Å². The summed E-state index contributed by atoms with van der Waals surface area (Å²) in [5.74, 6) is 0.480. The molecular formula is C20H24BrN3O3. The minimum absolute atomic E-state index is 0.198. The molecule has 2 aromatic carbocycles. The fourth-order valence-corrected chi connectivity index (χ4v) is 3.73. The van der Waals surface area contributed by atoms with Gasteiger partial charge in [0, 0.05) is 31.0 Å². The van der Waals surface area contributed by atoms with Gasteiger partial charge in [-0.3, -0.25) is 4.79 Å². The molecule has 3 N–H and O–H groups in total. The third-order valence-electron chi connectivity index (χ3n) is 4.48. The normalized spacial score (nSPS) is 13.5. The van der Waals surface area contributed by atoms with Crippen LogP contribution in [0.25, 0.3) is 0 Å². The zero-order valence-electron chi connectivity index (χ0n) is 15.3. The van der Waals surface area contributed by atoms with Gasteiger partial charge in [-0.2, -0.15) is 0 Å². The molecular weight excluding hydrogens is 410 g/mol. The van der Waals surface area contributed by atoms with Gasteiger partial charge in [0.2, 0.25) is 0 Å². The molecule has 0 aliphatic carbocycles. The van der Waals surface area contributed by atoms with Gasteiger partial charge in [-0.15, -0.1) is 0 Å². The first-order valence-electron chi connectivity index (χ1n) is 8.93. The van der Waals surface area contributed by atoms with E-state index in [1.807, 2.05) is 12.1 Å². The number of methoxy groups -OCH3 is 1. The summed E-state index contributed by atoms with van der Waals surface area (Å²) in [4.78, 5) is 13.4. The summed E-state index contributed by atoms with van der Waals surface area (Å²) in [7, 11) is 1.56. The number of halogens is 1. The minimum Gasteiger partial charge on any atom is -0.493 e. The molecule has 1 aliphatic rings. The number of amides is 1. The van der Waals surface area contributed by atoms with Crippen LogP contribution < -0.4 is 25.4 Å². The van der Waals surface area contributed by atoms with Gasteiger partial charge in [0.15, 0.2) is 18.1 Å². The Kier molecular flexibility index (Phi) is 6.45. The van der Waals surface area contributed by atoms with Gasteiger partial charge in [-0.1, -0.05) is 0 Å². The first-order chi connectivity index (χ1) is 13.1. The lowest BCUT2D eigenvalue weighted by molar-refractivity contribution is -0.119. The molecule has 3 rings (SSSR count). The molecule has 1 saturated heterocycles. The first-order valence-corrected chi connectivity index (χ1v) is 9.72. The molecule has 0 bridgehead atoms. The second-order valence-electron chi connectivity index (χ2n) is 6.46. The molecule has 1 fully saturated rings. The fourth-order valence-electron chi connectivity index (χ4n) is 3.13. The molecule has 1 aliphatic heterocycles. The lowest BCUT2D eigenvalue weighted by Gasteiger charge is -2.18. The van der Waals surface area contributed by atoms with Gasteiger partial charge in [0.05, 0.1) is 11.6 Å². The van der Waals surface area contributed by atoms with E-state index in [2.05, 4.69) is 50.4 Å². The molecule has 1 heterocycles. The predicted octanol–water partition coefficient (Wildman–Crippen LogP) is 3.53. The van der Waals surface area contributed by atoms with E-state index in [4.69, 9.17) is 15.2 Å². The van der Waals surface area contributed by atoms with Gasteiger partial charge in [0.1, 0.15) is 0 Å². The van der Waals surface area contributed by atoms with Crippen molar-refractivity contribution < 1.29 is 14.3 Å². The first kappa shape index (κ1) is 19.4. The Balaban J connectivity index is 1.64. The van der Waals surface area contributed by atoms with Crippen LogP contribution in [0.15, 0.2) is 40.9 Å². The van der Waals surface area contributed by atoms with Crippen molar-refractivity contribution in [1.29, 1.82) is 0 Å². The van der Waals surface area contributed by atoms with Gasteiger partial charge in [-0.25, -0.2) is 0 Å². The number of benzene rings is 2. The van der Waals surface area contributed by atoms with Crippen molar-refractivity contribution in [2.24, 2.45) is 5.73 Å². The van der Waals surface area contributed by atoms with Crippen molar-refractivity contribution in [3.05, 3.63) is 46.4 Å². The summed E-state index contributed by atoms with van der Waals surface area (Å²) >= 11 is 3.47. The molecule has 0 atom stereocenters. The van der Waals surface area contributed by atoms with Gasteiger partial charge in [0.25, 0.3) is 5.91 Å². The van der Waals surface area contributed by atoms with Crippen LogP contribution in [0.2, 0.25) is 0 Å². The topological polar surface area (TPSA) is 76.8 Å². The van der Waals surface area contributed by atoms with Gasteiger partial charge in [-0.05, 0) is 70.7 Å². The van der Waals surface area contributed by atoms with E-state index in [1.54, 1.807) is 7.11 Å². The quantitative estimate of drug-likeness (QED) is 0.665. The van der Waals surface area contributed by atoms with E-state index in [-0.39, 0.29) is 6.61 Å². The maximum Gasteiger partial charge on any atom is 0.255 e. The van der Waals surface area contributed by atoms with Crippen molar-refractivity contribution in [3.63, 3.8) is 0 Å². The summed E-state index contributed by atoms with van der Waals surface area (Å²) in [6.07, 6.45) is 2.55. The van der Waals surface area contributed by atoms with Crippen molar-refractivity contribution >= 4 is 33.2 Å². The largest absolute Gasteiger partial charge is 0.493 e. The second kappa shape index (κ2) is 8.99. The molecule has 0 saturated carbocycles. The van der Waals surface area contributed by atoms with E-state index >= 15 is 0 Å². The summed E-state index contributed by atoms with van der Waals surface area (Å²) in [5.41, 5.74) is 8.50. The minimum atomic E-state index is -0.535. The molecule has 0 radical (unpaired) electrons. The van der Waals surface area contributed by atoms with Crippen LogP contribution in [-0.2, 0) is 11.3 Å². The van der Waals surface area contributed by atoms with E-state index in [1.165, 1.54) is 18.5 Å². The van der Waals surface area contributed by atoms with Crippen molar-refractivity contribution in [2.45, 2.75) is 19.4 Å². The Hall–Kier alpha value is -2.41. The van der Waals surface area contributed by atoms with Crippen LogP contribution in [0, 0.1) is 0 Å². The van der Waals surface area contributed by atoms with Crippen LogP contribution in [0.3, 0.4) is 0 Å². The SMILES string of the molecule is COc1cc(CNc2ccc(N3CCCC3)cc2)cc(Br)c1OCC(N)=O. The number of nitrogens with two attached hydrogens (primary N) is 1. The molecule has 0 spiro atoms. The highest BCUT2D eigenvalue weighted by molar-refractivity contribution is 9.10. The molecule has 27 heavy (non-hydrogen) atoms. The highest BCUT2D eigenvalue weighted by Crippen LogP contribution is 2.37. The zero-order chi connectivity index (χ0) is 19.2. The molecule has 1 amide bonds. The second-order valence-corrected chi connectivity index (χ2v) is 7.31. The highest BCUT2D eigenvalue weighted by atomic mass is 79.9. The van der Waals surface area contributed by atoms with E-state index in [0.29, 0.717) is 22.5 Å². The number of hydrogen-bond donors (Lipinski definition) is 2. The van der Waals surface area contributed by atoms with Crippen LogP contribution >= 0.6 is 15.9 Å². The lowest BCUT2D eigenvalue weighted by Crippen LogP contribution is -2.20. The molecule has 0 aromatic heterocycles. The number of hydrogen-bond acceptors (Lipinski definition) is 5. The third-order valence-corrected chi connectivity index (χ3v) is 5.07. The molecule has 2 aromatic rings. The Morgan fingerprint density at radius 2 is 1.93 bits per heavy atom. The number of primary amides is 1. The Morgan fingerprint density at radius 3 is 2.56 bits per heavy atom. The molecule has 0 unspecified atom stereocenters. The summed E-state index contributed by atoms with van der Waals surface area (Å²) in [5, 5.41) is 3.42. The number of nitrogens with zero attached hydrogens (tertiary/aromatic N) is 1. The monoisotopic (exact) mass is 433 g/mol.